The Morgan fingerprint density at radius 1 is 1.14 bits per heavy atom. The topological polar surface area (TPSA) is 12.0 Å². The molecule has 0 heterocycles. The van der Waals surface area contributed by atoms with Crippen molar-refractivity contribution in [2.45, 2.75) is 26.3 Å². The summed E-state index contributed by atoms with van der Waals surface area (Å²) in [5, 5.41) is 3.99. The van der Waals surface area contributed by atoms with E-state index in [4.69, 9.17) is 11.6 Å². The largest absolute Gasteiger partial charge is 0.310 e. The number of hydrogen-bond donors (Lipinski definition) is 1. The highest BCUT2D eigenvalue weighted by molar-refractivity contribution is 6.30. The highest BCUT2D eigenvalue weighted by atomic mass is 35.5. The molecular formula is C17H18ClF2N. The molecule has 21 heavy (non-hydrogen) atoms. The molecule has 2 aromatic rings. The lowest BCUT2D eigenvalue weighted by atomic mass is 9.95. The van der Waals surface area contributed by atoms with E-state index in [1.165, 1.54) is 12.1 Å². The Hall–Kier alpha value is -1.45. The van der Waals surface area contributed by atoms with Gasteiger partial charge in [-0.05, 0) is 66.9 Å². The van der Waals surface area contributed by atoms with E-state index >= 15 is 0 Å². The smallest absolute Gasteiger partial charge is 0.126 e. The summed E-state index contributed by atoms with van der Waals surface area (Å²) in [6.45, 7) is 4.69. The monoisotopic (exact) mass is 309 g/mol. The molecule has 0 fully saturated rings. The Labute approximate surface area is 128 Å². The van der Waals surface area contributed by atoms with Gasteiger partial charge in [0.15, 0.2) is 0 Å². The molecule has 0 bridgehead atoms. The Morgan fingerprint density at radius 3 is 2.57 bits per heavy atom. The Balaban J connectivity index is 2.32. The summed E-state index contributed by atoms with van der Waals surface area (Å²) in [6.07, 6.45) is 0.389. The van der Waals surface area contributed by atoms with Crippen molar-refractivity contribution >= 4 is 11.6 Å². The standard InChI is InChI=1S/C17H18ClF2N/c1-3-21-17(15-6-4-13(18)8-11(15)2)10-12-9-14(19)5-7-16(12)20/h4-9,17,21H,3,10H2,1-2H3. The summed E-state index contributed by atoms with van der Waals surface area (Å²) in [4.78, 5) is 0. The summed E-state index contributed by atoms with van der Waals surface area (Å²) in [5.41, 5.74) is 2.45. The van der Waals surface area contributed by atoms with Gasteiger partial charge in [-0.2, -0.15) is 0 Å². The first-order valence-corrected chi connectivity index (χ1v) is 7.32. The third-order valence-corrected chi connectivity index (χ3v) is 3.72. The van der Waals surface area contributed by atoms with Crippen LogP contribution in [0.4, 0.5) is 8.78 Å². The first-order chi connectivity index (χ1) is 10.0. The van der Waals surface area contributed by atoms with Crippen LogP contribution in [-0.2, 0) is 6.42 Å². The molecule has 0 spiro atoms. The van der Waals surface area contributed by atoms with Crippen molar-refractivity contribution in [1.29, 1.82) is 0 Å². The maximum atomic E-state index is 13.8. The van der Waals surface area contributed by atoms with Crippen molar-refractivity contribution in [2.24, 2.45) is 0 Å². The zero-order chi connectivity index (χ0) is 15.4. The second kappa shape index (κ2) is 7.01. The van der Waals surface area contributed by atoms with E-state index in [9.17, 15) is 8.78 Å². The fraction of sp³-hybridized carbons (Fsp3) is 0.294. The summed E-state index contributed by atoms with van der Waals surface area (Å²) in [7, 11) is 0. The van der Waals surface area contributed by atoms with Gasteiger partial charge in [-0.3, -0.25) is 0 Å². The molecule has 2 rings (SSSR count). The summed E-state index contributed by atoms with van der Waals surface area (Å²) >= 11 is 5.97. The number of benzene rings is 2. The molecule has 0 aliphatic carbocycles. The lowest BCUT2D eigenvalue weighted by molar-refractivity contribution is 0.520. The van der Waals surface area contributed by atoms with Crippen LogP contribution in [0.2, 0.25) is 5.02 Å². The lowest BCUT2D eigenvalue weighted by Crippen LogP contribution is -2.24. The van der Waals surface area contributed by atoms with Gasteiger partial charge < -0.3 is 5.32 Å². The molecule has 0 saturated carbocycles. The zero-order valence-electron chi connectivity index (χ0n) is 12.1. The van der Waals surface area contributed by atoms with Crippen LogP contribution in [-0.4, -0.2) is 6.54 Å². The maximum absolute atomic E-state index is 13.8. The predicted octanol–water partition coefficient (Wildman–Crippen LogP) is 4.82. The summed E-state index contributed by atoms with van der Waals surface area (Å²) < 4.78 is 27.1. The molecule has 0 aromatic heterocycles. The van der Waals surface area contributed by atoms with Crippen LogP contribution in [0, 0.1) is 18.6 Å². The van der Waals surface area contributed by atoms with Crippen LogP contribution in [0.15, 0.2) is 36.4 Å². The average Bonchev–Trinajstić information content (AvgIpc) is 2.42. The van der Waals surface area contributed by atoms with Crippen LogP contribution in [0.3, 0.4) is 0 Å². The SMILES string of the molecule is CCNC(Cc1cc(F)ccc1F)c1ccc(Cl)cc1C. The molecule has 0 radical (unpaired) electrons. The zero-order valence-corrected chi connectivity index (χ0v) is 12.8. The van der Waals surface area contributed by atoms with Gasteiger partial charge in [0.05, 0.1) is 0 Å². The van der Waals surface area contributed by atoms with Crippen LogP contribution < -0.4 is 5.32 Å². The molecule has 2 aromatic carbocycles. The van der Waals surface area contributed by atoms with Gasteiger partial charge in [-0.15, -0.1) is 0 Å². The number of hydrogen-bond acceptors (Lipinski definition) is 1. The number of aryl methyl sites for hydroxylation is 1. The van der Waals surface area contributed by atoms with Gasteiger partial charge in [-0.25, -0.2) is 8.78 Å². The maximum Gasteiger partial charge on any atom is 0.126 e. The number of likely N-dealkylation sites (N-methyl/N-ethyl adjacent to an activating group) is 1. The average molecular weight is 310 g/mol. The quantitative estimate of drug-likeness (QED) is 0.835. The Bertz CT molecular complexity index is 628. The van der Waals surface area contributed by atoms with Crippen LogP contribution in [0.1, 0.15) is 29.7 Å². The fourth-order valence-corrected chi connectivity index (χ4v) is 2.71. The third-order valence-electron chi connectivity index (χ3n) is 3.49. The van der Waals surface area contributed by atoms with Crippen LogP contribution in [0.25, 0.3) is 0 Å². The Kier molecular flexibility index (Phi) is 5.32. The highest BCUT2D eigenvalue weighted by Crippen LogP contribution is 2.25. The first kappa shape index (κ1) is 15.9. The number of rotatable bonds is 5. The molecule has 112 valence electrons. The number of halogens is 3. The van der Waals surface area contributed by atoms with Crippen LogP contribution in [0.5, 0.6) is 0 Å². The predicted molar refractivity (Wildman–Crippen MR) is 82.7 cm³/mol. The van der Waals surface area contributed by atoms with Gasteiger partial charge in [0.25, 0.3) is 0 Å². The summed E-state index contributed by atoms with van der Waals surface area (Å²) in [5.74, 6) is -0.805. The normalized spacial score (nSPS) is 12.4. The molecule has 1 nitrogen and oxygen atoms in total. The molecule has 1 N–H and O–H groups in total. The minimum Gasteiger partial charge on any atom is -0.310 e. The molecule has 0 saturated heterocycles. The molecule has 1 atom stereocenters. The molecular weight excluding hydrogens is 292 g/mol. The van der Waals surface area contributed by atoms with E-state index in [2.05, 4.69) is 5.32 Å². The second-order valence-corrected chi connectivity index (χ2v) is 5.49. The molecule has 0 aliphatic heterocycles. The van der Waals surface area contributed by atoms with E-state index < -0.39 is 5.82 Å². The number of nitrogens with one attached hydrogen (secondary N) is 1. The van der Waals surface area contributed by atoms with Gasteiger partial charge in [0, 0.05) is 11.1 Å². The van der Waals surface area contributed by atoms with E-state index in [1.54, 1.807) is 0 Å². The minimum atomic E-state index is -0.422. The van der Waals surface area contributed by atoms with Gasteiger partial charge in [0.2, 0.25) is 0 Å². The van der Waals surface area contributed by atoms with Crippen molar-refractivity contribution in [3.05, 3.63) is 69.7 Å². The van der Waals surface area contributed by atoms with E-state index in [-0.39, 0.29) is 11.9 Å². The van der Waals surface area contributed by atoms with E-state index in [1.807, 2.05) is 32.0 Å². The van der Waals surface area contributed by atoms with E-state index in [0.717, 1.165) is 23.7 Å². The molecule has 4 heteroatoms. The molecule has 0 aliphatic rings. The lowest BCUT2D eigenvalue weighted by Gasteiger charge is -2.21. The van der Waals surface area contributed by atoms with Crippen molar-refractivity contribution < 1.29 is 8.78 Å². The molecule has 1 unspecified atom stereocenters. The van der Waals surface area contributed by atoms with Crippen molar-refractivity contribution in [3.63, 3.8) is 0 Å². The van der Waals surface area contributed by atoms with Gasteiger partial charge >= 0.3 is 0 Å². The summed E-state index contributed by atoms with van der Waals surface area (Å²) in [6, 6.07) is 9.10. The Morgan fingerprint density at radius 2 is 1.90 bits per heavy atom. The third kappa shape index (κ3) is 4.02. The van der Waals surface area contributed by atoms with Crippen molar-refractivity contribution in [3.8, 4) is 0 Å². The van der Waals surface area contributed by atoms with Gasteiger partial charge in [-0.1, -0.05) is 24.6 Å². The van der Waals surface area contributed by atoms with Crippen molar-refractivity contribution in [2.75, 3.05) is 6.54 Å². The minimum absolute atomic E-state index is 0.0800. The highest BCUT2D eigenvalue weighted by Gasteiger charge is 2.16. The van der Waals surface area contributed by atoms with Crippen LogP contribution >= 0.6 is 11.6 Å². The fourth-order valence-electron chi connectivity index (χ4n) is 2.49. The molecule has 0 amide bonds. The second-order valence-electron chi connectivity index (χ2n) is 5.05. The van der Waals surface area contributed by atoms with E-state index in [0.29, 0.717) is 17.0 Å². The van der Waals surface area contributed by atoms with Gasteiger partial charge in [0.1, 0.15) is 11.6 Å². The van der Waals surface area contributed by atoms with Crippen molar-refractivity contribution in [1.82, 2.24) is 5.32 Å². The first-order valence-electron chi connectivity index (χ1n) is 6.94.